The summed E-state index contributed by atoms with van der Waals surface area (Å²) in [5.41, 5.74) is 3.45. The highest BCUT2D eigenvalue weighted by molar-refractivity contribution is 5.16. The van der Waals surface area contributed by atoms with Crippen molar-refractivity contribution in [2.24, 2.45) is 5.92 Å². The predicted octanol–water partition coefficient (Wildman–Crippen LogP) is 6.84. The van der Waals surface area contributed by atoms with Crippen molar-refractivity contribution in [1.29, 1.82) is 0 Å². The van der Waals surface area contributed by atoms with Crippen molar-refractivity contribution < 1.29 is 23.7 Å². The Morgan fingerprint density at radius 2 is 1.13 bits per heavy atom. The van der Waals surface area contributed by atoms with Crippen LogP contribution >= 0.6 is 0 Å². The molecular formula is C34H40O5. The van der Waals surface area contributed by atoms with Crippen molar-refractivity contribution >= 4 is 0 Å². The van der Waals surface area contributed by atoms with Gasteiger partial charge in [0.05, 0.1) is 44.7 Å². The van der Waals surface area contributed by atoms with E-state index in [1.165, 1.54) is 6.42 Å². The summed E-state index contributed by atoms with van der Waals surface area (Å²) in [6.45, 7) is 2.19. The Kier molecular flexibility index (Phi) is 8.72. The Balaban J connectivity index is 1.23. The Labute approximate surface area is 232 Å². The van der Waals surface area contributed by atoms with E-state index in [1.54, 1.807) is 0 Å². The van der Waals surface area contributed by atoms with Gasteiger partial charge in [-0.3, -0.25) is 0 Å². The highest BCUT2D eigenvalue weighted by atomic mass is 16.7. The summed E-state index contributed by atoms with van der Waals surface area (Å²) in [5, 5.41) is 0. The van der Waals surface area contributed by atoms with Gasteiger partial charge in [-0.15, -0.1) is 0 Å². The standard InChI is InChI=1S/C34H40O5/c1-5-13-26(14-6-1)22-35-30-21-29(31-25-38-34(39-31)19-11-4-12-20-34)32(36-23-27-15-7-2-8-16-27)33(30)37-24-28-17-9-3-10-18-28/h1-3,5-10,13-18,29-33H,4,11-12,19-25H2/t29-,30+,31-,32-,33-/m1/s1. The third-order valence-electron chi connectivity index (χ3n) is 8.46. The first-order valence-electron chi connectivity index (χ1n) is 14.6. The average Bonchev–Trinajstić information content (AvgIpc) is 3.56. The molecule has 5 heteroatoms. The van der Waals surface area contributed by atoms with Crippen molar-refractivity contribution in [3.05, 3.63) is 108 Å². The average molecular weight is 529 g/mol. The van der Waals surface area contributed by atoms with E-state index in [0.717, 1.165) is 48.8 Å². The fourth-order valence-electron chi connectivity index (χ4n) is 6.39. The number of hydrogen-bond acceptors (Lipinski definition) is 5. The zero-order chi connectivity index (χ0) is 26.3. The molecule has 1 aliphatic heterocycles. The van der Waals surface area contributed by atoms with Crippen LogP contribution in [0.2, 0.25) is 0 Å². The molecule has 0 aromatic heterocycles. The zero-order valence-corrected chi connectivity index (χ0v) is 22.7. The highest BCUT2D eigenvalue weighted by Crippen LogP contribution is 2.45. The summed E-state index contributed by atoms with van der Waals surface area (Å²) >= 11 is 0. The minimum atomic E-state index is -0.420. The highest BCUT2D eigenvalue weighted by Gasteiger charge is 2.53. The van der Waals surface area contributed by atoms with Gasteiger partial charge in [-0.1, -0.05) is 97.4 Å². The molecule has 1 spiro atoms. The predicted molar refractivity (Wildman–Crippen MR) is 150 cm³/mol. The molecular weight excluding hydrogens is 488 g/mol. The Morgan fingerprint density at radius 3 is 1.69 bits per heavy atom. The van der Waals surface area contributed by atoms with Crippen LogP contribution < -0.4 is 0 Å². The van der Waals surface area contributed by atoms with Crippen LogP contribution in [0.15, 0.2) is 91.0 Å². The van der Waals surface area contributed by atoms with Gasteiger partial charge < -0.3 is 23.7 Å². The molecule has 0 bridgehead atoms. The first-order chi connectivity index (χ1) is 19.3. The third-order valence-corrected chi connectivity index (χ3v) is 8.46. The van der Waals surface area contributed by atoms with E-state index >= 15 is 0 Å². The second-order valence-electron chi connectivity index (χ2n) is 11.2. The molecule has 3 aromatic carbocycles. The lowest BCUT2D eigenvalue weighted by molar-refractivity contribution is -0.197. The molecule has 2 saturated carbocycles. The second kappa shape index (κ2) is 12.8. The molecule has 3 aliphatic rings. The largest absolute Gasteiger partial charge is 0.371 e. The van der Waals surface area contributed by atoms with Gasteiger partial charge >= 0.3 is 0 Å². The summed E-state index contributed by atoms with van der Waals surface area (Å²) in [7, 11) is 0. The molecule has 0 radical (unpaired) electrons. The van der Waals surface area contributed by atoms with Crippen LogP contribution in [-0.2, 0) is 43.5 Å². The number of hydrogen-bond donors (Lipinski definition) is 0. The maximum atomic E-state index is 6.76. The van der Waals surface area contributed by atoms with E-state index in [0.29, 0.717) is 26.4 Å². The summed E-state index contributed by atoms with van der Waals surface area (Å²) in [6, 6.07) is 31.1. The minimum Gasteiger partial charge on any atom is -0.371 e. The molecule has 1 saturated heterocycles. The quantitative estimate of drug-likeness (QED) is 0.288. The fourth-order valence-corrected chi connectivity index (χ4v) is 6.39. The Bertz CT molecular complexity index is 1130. The Hall–Kier alpha value is -2.54. The first-order valence-corrected chi connectivity index (χ1v) is 14.6. The van der Waals surface area contributed by atoms with Crippen molar-refractivity contribution in [1.82, 2.24) is 0 Å². The van der Waals surface area contributed by atoms with E-state index in [1.807, 2.05) is 18.2 Å². The van der Waals surface area contributed by atoms with E-state index < -0.39 is 5.79 Å². The third kappa shape index (κ3) is 6.62. The Morgan fingerprint density at radius 1 is 0.615 bits per heavy atom. The maximum Gasteiger partial charge on any atom is 0.168 e. The van der Waals surface area contributed by atoms with Gasteiger partial charge in [0, 0.05) is 18.8 Å². The van der Waals surface area contributed by atoms with E-state index in [-0.39, 0.29) is 30.3 Å². The van der Waals surface area contributed by atoms with Gasteiger partial charge in [0.25, 0.3) is 0 Å². The van der Waals surface area contributed by atoms with Gasteiger partial charge in [-0.05, 0) is 36.0 Å². The van der Waals surface area contributed by atoms with Crippen LogP contribution in [0, 0.1) is 5.92 Å². The molecule has 39 heavy (non-hydrogen) atoms. The van der Waals surface area contributed by atoms with Gasteiger partial charge in [0.1, 0.15) is 6.10 Å². The van der Waals surface area contributed by atoms with Gasteiger partial charge in [0.15, 0.2) is 5.79 Å². The van der Waals surface area contributed by atoms with Crippen LogP contribution in [0.1, 0.15) is 55.2 Å². The number of benzene rings is 3. The first kappa shape index (κ1) is 26.7. The lowest BCUT2D eigenvalue weighted by Gasteiger charge is -2.33. The number of rotatable bonds is 10. The molecule has 1 heterocycles. The van der Waals surface area contributed by atoms with Crippen LogP contribution in [-0.4, -0.2) is 36.8 Å². The topological polar surface area (TPSA) is 46.2 Å². The van der Waals surface area contributed by atoms with Crippen LogP contribution in [0.5, 0.6) is 0 Å². The lowest BCUT2D eigenvalue weighted by Crippen LogP contribution is -2.41. The molecule has 2 aliphatic carbocycles. The van der Waals surface area contributed by atoms with Crippen molar-refractivity contribution in [2.45, 2.75) is 88.5 Å². The molecule has 3 fully saturated rings. The number of ether oxygens (including phenoxy) is 5. The van der Waals surface area contributed by atoms with Gasteiger partial charge in [0.2, 0.25) is 0 Å². The van der Waals surface area contributed by atoms with Crippen LogP contribution in [0.3, 0.4) is 0 Å². The van der Waals surface area contributed by atoms with E-state index in [9.17, 15) is 0 Å². The molecule has 6 rings (SSSR count). The van der Waals surface area contributed by atoms with E-state index in [2.05, 4.69) is 72.8 Å². The summed E-state index contributed by atoms with van der Waals surface area (Å²) in [6.07, 6.45) is 5.85. The maximum absolute atomic E-state index is 6.76. The van der Waals surface area contributed by atoms with Crippen LogP contribution in [0.25, 0.3) is 0 Å². The van der Waals surface area contributed by atoms with E-state index in [4.69, 9.17) is 23.7 Å². The van der Waals surface area contributed by atoms with Crippen molar-refractivity contribution in [3.8, 4) is 0 Å². The SMILES string of the molecule is c1ccc(CO[C@@H]2[C@@H]([C@H]3COC4(CCCCC4)O3)C[C@H](OCc3ccccc3)[C@H]2OCc2ccccc2)cc1. The monoisotopic (exact) mass is 528 g/mol. The molecule has 0 N–H and O–H groups in total. The molecule has 206 valence electrons. The molecule has 0 amide bonds. The summed E-state index contributed by atoms with van der Waals surface area (Å²) < 4.78 is 33.2. The lowest BCUT2D eigenvalue weighted by atomic mass is 9.94. The molecule has 0 unspecified atom stereocenters. The second-order valence-corrected chi connectivity index (χ2v) is 11.2. The van der Waals surface area contributed by atoms with Gasteiger partial charge in [-0.25, -0.2) is 0 Å². The molecule has 5 nitrogen and oxygen atoms in total. The molecule has 3 aromatic rings. The van der Waals surface area contributed by atoms with Crippen LogP contribution in [0.4, 0.5) is 0 Å². The van der Waals surface area contributed by atoms with Crippen molar-refractivity contribution in [2.75, 3.05) is 6.61 Å². The molecule has 5 atom stereocenters. The van der Waals surface area contributed by atoms with Gasteiger partial charge in [-0.2, -0.15) is 0 Å². The fraction of sp³-hybridized carbons (Fsp3) is 0.471. The zero-order valence-electron chi connectivity index (χ0n) is 22.7. The van der Waals surface area contributed by atoms with Crippen molar-refractivity contribution in [3.63, 3.8) is 0 Å². The summed E-state index contributed by atoms with van der Waals surface area (Å²) in [4.78, 5) is 0. The minimum absolute atomic E-state index is 0.0305. The normalized spacial score (nSPS) is 28.2. The smallest absolute Gasteiger partial charge is 0.168 e. The summed E-state index contributed by atoms with van der Waals surface area (Å²) in [5.74, 6) is -0.299.